The molecule has 108 valence electrons. The fourth-order valence-corrected chi connectivity index (χ4v) is 3.65. The van der Waals surface area contributed by atoms with Crippen molar-refractivity contribution in [1.82, 2.24) is 4.90 Å². The highest BCUT2D eigenvalue weighted by molar-refractivity contribution is 5.33. The van der Waals surface area contributed by atoms with Crippen molar-refractivity contribution in [2.45, 2.75) is 50.3 Å². The zero-order valence-electron chi connectivity index (χ0n) is 11.4. The summed E-state index contributed by atoms with van der Waals surface area (Å²) in [6.45, 7) is 0.986. The van der Waals surface area contributed by atoms with Crippen LogP contribution >= 0.6 is 0 Å². The fourth-order valence-electron chi connectivity index (χ4n) is 3.65. The van der Waals surface area contributed by atoms with Gasteiger partial charge in [-0.15, -0.1) is 0 Å². The molecule has 1 aromatic carbocycles. The summed E-state index contributed by atoms with van der Waals surface area (Å²) in [5.74, 6) is 0. The van der Waals surface area contributed by atoms with Crippen molar-refractivity contribution in [3.8, 4) is 0 Å². The van der Waals surface area contributed by atoms with Crippen LogP contribution in [0.25, 0.3) is 0 Å². The van der Waals surface area contributed by atoms with E-state index in [1.165, 1.54) is 12.8 Å². The summed E-state index contributed by atoms with van der Waals surface area (Å²) in [6, 6.07) is 7.90. The second-order valence-corrected chi connectivity index (χ2v) is 5.92. The Morgan fingerprint density at radius 2 is 1.80 bits per heavy atom. The molecule has 0 amide bonds. The molecule has 2 aliphatic heterocycles. The highest BCUT2D eigenvalue weighted by Crippen LogP contribution is 2.35. The predicted molar refractivity (Wildman–Crippen MR) is 75.6 cm³/mol. The molecule has 1 aromatic rings. The van der Waals surface area contributed by atoms with Crippen LogP contribution in [0.3, 0.4) is 0 Å². The Kier molecular flexibility index (Phi) is 3.72. The van der Waals surface area contributed by atoms with Crippen molar-refractivity contribution in [3.63, 3.8) is 0 Å². The molecule has 2 fully saturated rings. The molecule has 0 radical (unpaired) electrons. The second-order valence-electron chi connectivity index (χ2n) is 5.92. The third-order valence-corrected chi connectivity index (χ3v) is 4.67. The number of hydrogen-bond acceptors (Lipinski definition) is 4. The molecule has 2 bridgehead atoms. The third-order valence-electron chi connectivity index (χ3n) is 4.67. The molecular formula is C15H20N2O3. The van der Waals surface area contributed by atoms with Gasteiger partial charge in [0.25, 0.3) is 5.69 Å². The third kappa shape index (κ3) is 2.69. The maximum atomic E-state index is 10.6. The van der Waals surface area contributed by atoms with Gasteiger partial charge in [-0.05, 0) is 37.7 Å². The molecule has 1 N–H and O–H groups in total. The van der Waals surface area contributed by atoms with Gasteiger partial charge in [-0.25, -0.2) is 0 Å². The first-order valence-electron chi connectivity index (χ1n) is 7.30. The maximum Gasteiger partial charge on any atom is 0.269 e. The van der Waals surface area contributed by atoms with Crippen LogP contribution < -0.4 is 0 Å². The van der Waals surface area contributed by atoms with Gasteiger partial charge in [0.05, 0.1) is 11.0 Å². The number of nitrogens with zero attached hydrogens (tertiary/aromatic N) is 2. The van der Waals surface area contributed by atoms with E-state index >= 15 is 0 Å². The predicted octanol–water partition coefficient (Wildman–Crippen LogP) is 2.12. The van der Waals surface area contributed by atoms with E-state index in [0.717, 1.165) is 31.4 Å². The average Bonchev–Trinajstić information content (AvgIpc) is 2.67. The van der Waals surface area contributed by atoms with Gasteiger partial charge in [0.2, 0.25) is 0 Å². The van der Waals surface area contributed by atoms with Crippen molar-refractivity contribution >= 4 is 5.69 Å². The Morgan fingerprint density at radius 1 is 1.20 bits per heavy atom. The number of piperidine rings is 1. The van der Waals surface area contributed by atoms with Gasteiger partial charge in [-0.2, -0.15) is 0 Å². The van der Waals surface area contributed by atoms with E-state index in [9.17, 15) is 15.2 Å². The molecule has 0 aliphatic carbocycles. The molecule has 2 saturated heterocycles. The summed E-state index contributed by atoms with van der Waals surface area (Å²) < 4.78 is 0. The van der Waals surface area contributed by atoms with Gasteiger partial charge in [0, 0.05) is 30.8 Å². The van der Waals surface area contributed by atoms with E-state index in [-0.39, 0.29) is 16.7 Å². The number of non-ortho nitro benzene ring substituents is 1. The number of aliphatic hydroxyl groups excluding tert-OH is 1. The first-order valence-corrected chi connectivity index (χ1v) is 7.30. The molecule has 20 heavy (non-hydrogen) atoms. The van der Waals surface area contributed by atoms with Crippen LogP contribution in [0, 0.1) is 10.1 Å². The van der Waals surface area contributed by atoms with Gasteiger partial charge >= 0.3 is 0 Å². The van der Waals surface area contributed by atoms with E-state index in [1.807, 2.05) is 12.1 Å². The van der Waals surface area contributed by atoms with E-state index in [2.05, 4.69) is 4.90 Å². The van der Waals surface area contributed by atoms with Crippen LogP contribution in [-0.4, -0.2) is 39.7 Å². The smallest absolute Gasteiger partial charge is 0.269 e. The van der Waals surface area contributed by atoms with E-state index < -0.39 is 0 Å². The highest BCUT2D eigenvalue weighted by Gasteiger charge is 2.39. The summed E-state index contributed by atoms with van der Waals surface area (Å²) in [7, 11) is 0. The van der Waals surface area contributed by atoms with Crippen LogP contribution in [0.2, 0.25) is 0 Å². The van der Waals surface area contributed by atoms with Crippen molar-refractivity contribution < 1.29 is 10.0 Å². The summed E-state index contributed by atoms with van der Waals surface area (Å²) in [5.41, 5.74) is 1.29. The second kappa shape index (κ2) is 5.50. The summed E-state index contributed by atoms with van der Waals surface area (Å²) >= 11 is 0. The lowest BCUT2D eigenvalue weighted by molar-refractivity contribution is -0.384. The Bertz CT molecular complexity index is 474. The zero-order chi connectivity index (χ0) is 14.1. The van der Waals surface area contributed by atoms with Crippen molar-refractivity contribution in [2.75, 3.05) is 6.54 Å². The first-order chi connectivity index (χ1) is 9.63. The van der Waals surface area contributed by atoms with Crippen LogP contribution in [-0.2, 0) is 6.42 Å². The molecule has 5 nitrogen and oxygen atoms in total. The lowest BCUT2D eigenvalue weighted by atomic mass is 9.99. The quantitative estimate of drug-likeness (QED) is 0.675. The Hall–Kier alpha value is -1.46. The molecule has 2 aliphatic rings. The van der Waals surface area contributed by atoms with Crippen molar-refractivity contribution in [3.05, 3.63) is 39.9 Å². The minimum atomic E-state index is -0.365. The molecule has 2 atom stereocenters. The molecule has 2 unspecified atom stereocenters. The Morgan fingerprint density at radius 3 is 2.35 bits per heavy atom. The lowest BCUT2D eigenvalue weighted by Crippen LogP contribution is -2.45. The molecular weight excluding hydrogens is 256 g/mol. The van der Waals surface area contributed by atoms with Crippen LogP contribution in [0.5, 0.6) is 0 Å². The number of nitro groups is 1. The number of rotatable bonds is 4. The Labute approximate surface area is 118 Å². The number of hydrogen-bond donors (Lipinski definition) is 1. The van der Waals surface area contributed by atoms with Gasteiger partial charge in [0.15, 0.2) is 0 Å². The molecule has 0 spiro atoms. The number of fused-ring (bicyclic) bond motifs is 2. The van der Waals surface area contributed by atoms with Crippen molar-refractivity contribution in [2.24, 2.45) is 0 Å². The minimum absolute atomic E-state index is 0.122. The maximum absolute atomic E-state index is 10.6. The van der Waals surface area contributed by atoms with Gasteiger partial charge in [-0.1, -0.05) is 12.1 Å². The van der Waals surface area contributed by atoms with E-state index in [1.54, 1.807) is 12.1 Å². The van der Waals surface area contributed by atoms with E-state index in [4.69, 9.17) is 0 Å². The zero-order valence-corrected chi connectivity index (χ0v) is 11.4. The van der Waals surface area contributed by atoms with Crippen LogP contribution in [0.15, 0.2) is 24.3 Å². The molecule has 0 saturated carbocycles. The standard InChI is InChI=1S/C15H20N2O3/c18-15-9-13-5-6-14(10-15)16(13)8-7-11-1-3-12(4-2-11)17(19)20/h1-4,13-15,18H,5-10H2. The number of nitro benzene ring substituents is 1. The topological polar surface area (TPSA) is 66.6 Å². The minimum Gasteiger partial charge on any atom is -0.393 e. The number of aliphatic hydroxyl groups is 1. The molecule has 0 aromatic heterocycles. The SMILES string of the molecule is O=[N+]([O-])c1ccc(CCN2C3CCC2CC(O)C3)cc1. The van der Waals surface area contributed by atoms with Crippen molar-refractivity contribution in [1.29, 1.82) is 0 Å². The molecule has 3 rings (SSSR count). The summed E-state index contributed by atoms with van der Waals surface area (Å²) in [4.78, 5) is 12.8. The average molecular weight is 276 g/mol. The highest BCUT2D eigenvalue weighted by atomic mass is 16.6. The van der Waals surface area contributed by atoms with Gasteiger partial charge in [0.1, 0.15) is 0 Å². The monoisotopic (exact) mass is 276 g/mol. The molecule has 2 heterocycles. The lowest BCUT2D eigenvalue weighted by Gasteiger charge is -2.37. The fraction of sp³-hybridized carbons (Fsp3) is 0.600. The Balaban J connectivity index is 1.58. The normalized spacial score (nSPS) is 29.6. The number of benzene rings is 1. The molecule has 5 heteroatoms. The summed E-state index contributed by atoms with van der Waals surface area (Å²) in [6.07, 6.45) is 4.99. The largest absolute Gasteiger partial charge is 0.393 e. The van der Waals surface area contributed by atoms with E-state index in [0.29, 0.717) is 12.1 Å². The van der Waals surface area contributed by atoms with Gasteiger partial charge in [-0.3, -0.25) is 15.0 Å². The van der Waals surface area contributed by atoms with Crippen LogP contribution in [0.4, 0.5) is 5.69 Å². The van der Waals surface area contributed by atoms with Gasteiger partial charge < -0.3 is 5.11 Å². The summed E-state index contributed by atoms with van der Waals surface area (Å²) in [5, 5.41) is 20.4. The first kappa shape index (κ1) is 13.5. The van der Waals surface area contributed by atoms with Crippen LogP contribution in [0.1, 0.15) is 31.2 Å².